The second-order valence-corrected chi connectivity index (χ2v) is 13.8. The molecule has 0 aliphatic carbocycles. The standard InChI is InChI=1S/C39H23Cl2N7O4S/c40-25-14-10-22(11-15-25)31-29(20-42)34(44-36(49)24-6-2-1-3-7-24)47-35-33(53-39(47)30(31)21-43)32(23-12-16-26(41)17-13-23)46(45-35)18-19-52-48-37(50)27-8-4-5-9-28(27)38(48)51/h1-17,31H,18-19H2,(H,44,49). The van der Waals surface area contributed by atoms with Crippen LogP contribution in [0, 0.1) is 22.7 Å². The molecule has 258 valence electrons. The van der Waals surface area contributed by atoms with Gasteiger partial charge < -0.3 is 5.32 Å². The summed E-state index contributed by atoms with van der Waals surface area (Å²) >= 11 is 13.8. The van der Waals surface area contributed by atoms with Gasteiger partial charge in [0.05, 0.1) is 64.1 Å². The van der Waals surface area contributed by atoms with Crippen molar-refractivity contribution in [2.24, 2.45) is 0 Å². The van der Waals surface area contributed by atoms with Gasteiger partial charge in [0.25, 0.3) is 17.7 Å². The number of thioether (sulfide) groups is 1. The highest BCUT2D eigenvalue weighted by molar-refractivity contribution is 8.04. The van der Waals surface area contributed by atoms with Gasteiger partial charge in [0.2, 0.25) is 0 Å². The molecule has 53 heavy (non-hydrogen) atoms. The van der Waals surface area contributed by atoms with Gasteiger partial charge in [-0.3, -0.25) is 28.8 Å². The van der Waals surface area contributed by atoms with Gasteiger partial charge in [-0.1, -0.05) is 89.6 Å². The second-order valence-electron chi connectivity index (χ2n) is 12.0. The molecule has 3 aliphatic heterocycles. The first kappa shape index (κ1) is 34.0. The molecule has 1 N–H and O–H groups in total. The molecular weight excluding hydrogens is 733 g/mol. The fraction of sp³-hybridized carbons (Fsp3) is 0.0769. The Morgan fingerprint density at radius 3 is 2.06 bits per heavy atom. The molecule has 0 saturated carbocycles. The van der Waals surface area contributed by atoms with Gasteiger partial charge in [-0.05, 0) is 54.1 Å². The monoisotopic (exact) mass is 755 g/mol. The molecule has 1 atom stereocenters. The fourth-order valence-electron chi connectivity index (χ4n) is 6.48. The number of fused-ring (bicyclic) bond motifs is 4. The topological polar surface area (TPSA) is 144 Å². The van der Waals surface area contributed by atoms with Crippen LogP contribution in [0.4, 0.5) is 5.82 Å². The van der Waals surface area contributed by atoms with Crippen molar-refractivity contribution in [1.29, 1.82) is 10.5 Å². The number of anilines is 1. The summed E-state index contributed by atoms with van der Waals surface area (Å²) in [5.74, 6) is -1.90. The van der Waals surface area contributed by atoms with E-state index in [2.05, 4.69) is 17.5 Å². The highest BCUT2D eigenvalue weighted by Gasteiger charge is 2.45. The Morgan fingerprint density at radius 2 is 1.43 bits per heavy atom. The minimum atomic E-state index is -0.824. The van der Waals surface area contributed by atoms with E-state index in [0.717, 1.165) is 10.6 Å². The normalized spacial score (nSPS) is 16.0. The van der Waals surface area contributed by atoms with E-state index in [1.165, 1.54) is 11.8 Å². The summed E-state index contributed by atoms with van der Waals surface area (Å²) in [6.45, 7) is -0.0240. The first-order chi connectivity index (χ1) is 25.8. The number of hydrogen-bond acceptors (Lipinski definition) is 9. The smallest absolute Gasteiger partial charge is 0.285 e. The number of amides is 3. The van der Waals surface area contributed by atoms with Gasteiger partial charge in [0.1, 0.15) is 10.9 Å². The molecule has 4 aromatic carbocycles. The molecule has 5 aromatic rings. The maximum Gasteiger partial charge on any atom is 0.285 e. The van der Waals surface area contributed by atoms with E-state index in [1.54, 1.807) is 101 Å². The van der Waals surface area contributed by atoms with Crippen LogP contribution in [0.5, 0.6) is 0 Å². The highest BCUT2D eigenvalue weighted by atomic mass is 35.5. The van der Waals surface area contributed by atoms with Crippen molar-refractivity contribution in [2.75, 3.05) is 11.5 Å². The van der Waals surface area contributed by atoms with Crippen LogP contribution in [-0.4, -0.2) is 39.2 Å². The van der Waals surface area contributed by atoms with Crippen molar-refractivity contribution in [2.45, 2.75) is 17.4 Å². The molecule has 3 amide bonds. The fourth-order valence-corrected chi connectivity index (χ4v) is 8.01. The third-order valence-corrected chi connectivity index (χ3v) is 10.6. The van der Waals surface area contributed by atoms with Gasteiger partial charge in [0, 0.05) is 21.2 Å². The van der Waals surface area contributed by atoms with Crippen molar-refractivity contribution in [3.8, 4) is 23.4 Å². The molecule has 0 spiro atoms. The van der Waals surface area contributed by atoms with Gasteiger partial charge in [-0.25, -0.2) is 0 Å². The van der Waals surface area contributed by atoms with E-state index >= 15 is 0 Å². The number of rotatable bonds is 8. The van der Waals surface area contributed by atoms with E-state index in [0.29, 0.717) is 42.6 Å². The van der Waals surface area contributed by atoms with E-state index in [9.17, 15) is 24.9 Å². The minimum absolute atomic E-state index is 0.0881. The number of imide groups is 1. The number of nitriles is 2. The molecule has 3 aliphatic rings. The van der Waals surface area contributed by atoms with E-state index in [1.807, 2.05) is 12.1 Å². The number of allylic oxidation sites excluding steroid dienone is 2. The Balaban J connectivity index is 1.23. The molecule has 0 saturated heterocycles. The number of nitrogens with one attached hydrogen (secondary N) is 1. The third kappa shape index (κ3) is 5.84. The summed E-state index contributed by atoms with van der Waals surface area (Å²) in [5.41, 5.74) is 3.28. The number of halogens is 2. The number of nitrogens with zero attached hydrogens (tertiary/aromatic N) is 6. The Hall–Kier alpha value is -6.15. The molecule has 11 nitrogen and oxygen atoms in total. The first-order valence-electron chi connectivity index (χ1n) is 16.1. The number of carbonyl (C=O) groups is 3. The van der Waals surface area contributed by atoms with Crippen LogP contribution in [-0.2, 0) is 11.4 Å². The Morgan fingerprint density at radius 1 is 0.830 bits per heavy atom. The predicted octanol–water partition coefficient (Wildman–Crippen LogP) is 7.69. The number of aromatic nitrogens is 2. The number of hydroxylamine groups is 2. The van der Waals surface area contributed by atoms with Gasteiger partial charge in [0.15, 0.2) is 5.82 Å². The Bertz CT molecular complexity index is 2470. The third-order valence-electron chi connectivity index (χ3n) is 8.90. The average Bonchev–Trinajstić information content (AvgIpc) is 3.80. The zero-order chi connectivity index (χ0) is 36.8. The maximum absolute atomic E-state index is 13.7. The molecule has 0 radical (unpaired) electrons. The van der Waals surface area contributed by atoms with Crippen LogP contribution >= 0.6 is 35.0 Å². The van der Waals surface area contributed by atoms with Crippen molar-refractivity contribution in [3.63, 3.8) is 0 Å². The van der Waals surface area contributed by atoms with Crippen molar-refractivity contribution < 1.29 is 19.2 Å². The second kappa shape index (κ2) is 13.8. The molecule has 1 aromatic heterocycles. The van der Waals surface area contributed by atoms with Crippen LogP contribution < -0.4 is 10.2 Å². The molecule has 1 unspecified atom stereocenters. The quantitative estimate of drug-likeness (QED) is 0.158. The lowest BCUT2D eigenvalue weighted by atomic mass is 9.83. The summed E-state index contributed by atoms with van der Waals surface area (Å²) in [7, 11) is 0. The summed E-state index contributed by atoms with van der Waals surface area (Å²) in [4.78, 5) is 47.7. The van der Waals surface area contributed by atoms with Gasteiger partial charge >= 0.3 is 0 Å². The SMILES string of the molecule is N#CC1=C(NC(=O)c2ccccc2)N2C(=C(C#N)C1c1ccc(Cl)cc1)Sc1c2nn(CCON2C(=O)c3ccccc3C2=O)c1-c1ccc(Cl)cc1. The van der Waals surface area contributed by atoms with Crippen molar-refractivity contribution in [3.05, 3.63) is 157 Å². The molecule has 0 fully saturated rings. The van der Waals surface area contributed by atoms with E-state index in [4.69, 9.17) is 33.1 Å². The summed E-state index contributed by atoms with van der Waals surface area (Å²) in [5, 5.41) is 31.6. The Labute approximate surface area is 316 Å². The molecule has 0 bridgehead atoms. The number of benzene rings is 4. The lowest BCUT2D eigenvalue weighted by Gasteiger charge is -2.33. The van der Waals surface area contributed by atoms with Crippen LogP contribution in [0.1, 0.15) is 42.6 Å². The largest absolute Gasteiger partial charge is 0.307 e. The summed E-state index contributed by atoms with van der Waals surface area (Å²) < 4.78 is 1.66. The maximum atomic E-state index is 13.7. The van der Waals surface area contributed by atoms with Crippen LogP contribution in [0.15, 0.2) is 130 Å². The average molecular weight is 757 g/mol. The highest BCUT2D eigenvalue weighted by Crippen LogP contribution is 2.57. The zero-order valence-electron chi connectivity index (χ0n) is 27.3. The van der Waals surface area contributed by atoms with Crippen molar-refractivity contribution >= 4 is 58.5 Å². The summed E-state index contributed by atoms with van der Waals surface area (Å²) in [6, 6.07) is 33.7. The summed E-state index contributed by atoms with van der Waals surface area (Å²) in [6.07, 6.45) is 0. The zero-order valence-corrected chi connectivity index (χ0v) is 29.6. The first-order valence-corrected chi connectivity index (χ1v) is 17.7. The van der Waals surface area contributed by atoms with Gasteiger partial charge in [-0.15, -0.1) is 5.06 Å². The molecule has 14 heteroatoms. The Kier molecular flexibility index (Phi) is 8.82. The van der Waals surface area contributed by atoms with Crippen molar-refractivity contribution in [1.82, 2.24) is 20.2 Å². The lowest BCUT2D eigenvalue weighted by molar-refractivity contribution is -0.0940. The minimum Gasteiger partial charge on any atom is -0.307 e. The number of carbonyl (C=O) groups excluding carboxylic acids is 3. The molecule has 8 rings (SSSR count). The van der Waals surface area contributed by atoms with E-state index in [-0.39, 0.29) is 41.2 Å². The van der Waals surface area contributed by atoms with Gasteiger partial charge in [-0.2, -0.15) is 15.6 Å². The lowest BCUT2D eigenvalue weighted by Crippen LogP contribution is -2.39. The predicted molar refractivity (Wildman–Crippen MR) is 197 cm³/mol. The van der Waals surface area contributed by atoms with Crippen LogP contribution in [0.2, 0.25) is 10.0 Å². The van der Waals surface area contributed by atoms with E-state index < -0.39 is 23.6 Å². The van der Waals surface area contributed by atoms with Crippen LogP contribution in [0.25, 0.3) is 11.3 Å². The molecule has 4 heterocycles. The van der Waals surface area contributed by atoms with Crippen LogP contribution in [0.3, 0.4) is 0 Å². The number of hydrogen-bond donors (Lipinski definition) is 1. The molecular formula is C39H23Cl2N7O4S.